The van der Waals surface area contributed by atoms with E-state index in [9.17, 15) is 4.79 Å². The quantitative estimate of drug-likeness (QED) is 0.638. The summed E-state index contributed by atoms with van der Waals surface area (Å²) in [5.74, 6) is -0.249. The molecule has 17 heavy (non-hydrogen) atoms. The van der Waals surface area contributed by atoms with Crippen molar-refractivity contribution in [3.63, 3.8) is 0 Å². The molecule has 0 spiro atoms. The van der Waals surface area contributed by atoms with Gasteiger partial charge < -0.3 is 10.1 Å². The second kappa shape index (κ2) is 6.21. The molecule has 1 aromatic rings. The van der Waals surface area contributed by atoms with E-state index in [4.69, 9.17) is 4.74 Å². The van der Waals surface area contributed by atoms with Gasteiger partial charge in [-0.3, -0.25) is 0 Å². The van der Waals surface area contributed by atoms with E-state index in [1.165, 1.54) is 6.08 Å². The maximum absolute atomic E-state index is 11.6. The highest BCUT2D eigenvalue weighted by Crippen LogP contribution is 2.08. The first-order valence-corrected chi connectivity index (χ1v) is 5.99. The van der Waals surface area contributed by atoms with Gasteiger partial charge in [0.1, 0.15) is 6.10 Å². The molecule has 3 nitrogen and oxygen atoms in total. The number of rotatable bonds is 3. The number of piperidine rings is 1. The monoisotopic (exact) mass is 231 g/mol. The van der Waals surface area contributed by atoms with Gasteiger partial charge in [-0.25, -0.2) is 4.79 Å². The smallest absolute Gasteiger partial charge is 0.331 e. The number of ether oxygens (including phenoxy) is 1. The number of hydrogen-bond donors (Lipinski definition) is 1. The van der Waals surface area contributed by atoms with Crippen molar-refractivity contribution in [2.24, 2.45) is 0 Å². The molecule has 1 aliphatic heterocycles. The lowest BCUT2D eigenvalue weighted by atomic mass is 10.1. The van der Waals surface area contributed by atoms with Crippen LogP contribution in [0, 0.1) is 0 Å². The average Bonchev–Trinajstić information content (AvgIpc) is 2.39. The van der Waals surface area contributed by atoms with Gasteiger partial charge in [0.05, 0.1) is 0 Å². The van der Waals surface area contributed by atoms with Crippen LogP contribution in [0.2, 0.25) is 0 Å². The lowest BCUT2D eigenvalue weighted by molar-refractivity contribution is -0.143. The van der Waals surface area contributed by atoms with Crippen molar-refractivity contribution in [3.8, 4) is 0 Å². The third-order valence-electron chi connectivity index (χ3n) is 2.78. The van der Waals surface area contributed by atoms with Crippen LogP contribution >= 0.6 is 0 Å². The van der Waals surface area contributed by atoms with Crippen molar-refractivity contribution in [2.45, 2.75) is 18.9 Å². The SMILES string of the molecule is O=C(/C=C/c1ccccc1)OC1CCNCC1. The number of esters is 1. The second-order valence-corrected chi connectivity index (χ2v) is 4.13. The van der Waals surface area contributed by atoms with Crippen LogP contribution < -0.4 is 5.32 Å². The van der Waals surface area contributed by atoms with Crippen LogP contribution in [0.3, 0.4) is 0 Å². The van der Waals surface area contributed by atoms with E-state index in [0.717, 1.165) is 31.5 Å². The first kappa shape index (κ1) is 11.9. The highest BCUT2D eigenvalue weighted by atomic mass is 16.5. The summed E-state index contributed by atoms with van der Waals surface area (Å²) in [7, 11) is 0. The third kappa shape index (κ3) is 4.04. The number of benzene rings is 1. The van der Waals surface area contributed by atoms with E-state index in [1.54, 1.807) is 6.08 Å². The van der Waals surface area contributed by atoms with E-state index >= 15 is 0 Å². The number of carbonyl (C=O) groups excluding carboxylic acids is 1. The van der Waals surface area contributed by atoms with Crippen molar-refractivity contribution in [2.75, 3.05) is 13.1 Å². The molecule has 0 bridgehead atoms. The van der Waals surface area contributed by atoms with Crippen LogP contribution in [0.15, 0.2) is 36.4 Å². The molecule has 2 rings (SSSR count). The number of hydrogen-bond acceptors (Lipinski definition) is 3. The summed E-state index contributed by atoms with van der Waals surface area (Å²) in [6.07, 6.45) is 5.17. The van der Waals surface area contributed by atoms with E-state index in [0.29, 0.717) is 0 Å². The molecule has 0 aromatic heterocycles. The van der Waals surface area contributed by atoms with Crippen LogP contribution in [-0.2, 0) is 9.53 Å². The molecule has 0 unspecified atom stereocenters. The second-order valence-electron chi connectivity index (χ2n) is 4.13. The minimum atomic E-state index is -0.249. The highest BCUT2D eigenvalue weighted by Gasteiger charge is 2.15. The largest absolute Gasteiger partial charge is 0.459 e. The van der Waals surface area contributed by atoms with Gasteiger partial charge in [0.25, 0.3) is 0 Å². The molecule has 0 radical (unpaired) electrons. The molecule has 0 aliphatic carbocycles. The molecule has 1 N–H and O–H groups in total. The molecule has 3 heteroatoms. The Balaban J connectivity index is 1.82. The molecule has 1 saturated heterocycles. The molecule has 0 amide bonds. The predicted octanol–water partition coefficient (Wildman–Crippen LogP) is 1.99. The molecular formula is C14H17NO2. The van der Waals surface area contributed by atoms with Crippen LogP contribution in [-0.4, -0.2) is 25.2 Å². The Hall–Kier alpha value is -1.61. The van der Waals surface area contributed by atoms with Gasteiger partial charge in [0, 0.05) is 6.08 Å². The summed E-state index contributed by atoms with van der Waals surface area (Å²) in [6.45, 7) is 1.86. The maximum Gasteiger partial charge on any atom is 0.331 e. The fourth-order valence-electron chi connectivity index (χ4n) is 1.85. The van der Waals surface area contributed by atoms with Crippen molar-refractivity contribution in [1.82, 2.24) is 5.32 Å². The van der Waals surface area contributed by atoms with Crippen molar-refractivity contribution in [1.29, 1.82) is 0 Å². The van der Waals surface area contributed by atoms with Gasteiger partial charge in [-0.1, -0.05) is 30.3 Å². The van der Waals surface area contributed by atoms with Gasteiger partial charge in [0.2, 0.25) is 0 Å². The minimum Gasteiger partial charge on any atom is -0.459 e. The summed E-state index contributed by atoms with van der Waals surface area (Å²) in [5, 5.41) is 3.24. The van der Waals surface area contributed by atoms with Crippen molar-refractivity contribution >= 4 is 12.0 Å². The van der Waals surface area contributed by atoms with Crippen molar-refractivity contribution < 1.29 is 9.53 Å². The Morgan fingerprint density at radius 3 is 2.65 bits per heavy atom. The standard InChI is InChI=1S/C14H17NO2/c16-14(17-13-8-10-15-11-9-13)7-6-12-4-2-1-3-5-12/h1-7,13,15H,8-11H2/b7-6+. The van der Waals surface area contributed by atoms with Crippen LogP contribution in [0.4, 0.5) is 0 Å². The molecular weight excluding hydrogens is 214 g/mol. The minimum absolute atomic E-state index is 0.0733. The molecule has 90 valence electrons. The van der Waals surface area contributed by atoms with Gasteiger partial charge in [-0.2, -0.15) is 0 Å². The molecule has 0 atom stereocenters. The highest BCUT2D eigenvalue weighted by molar-refractivity contribution is 5.87. The fraction of sp³-hybridized carbons (Fsp3) is 0.357. The summed E-state index contributed by atoms with van der Waals surface area (Å²) < 4.78 is 5.35. The molecule has 1 fully saturated rings. The zero-order valence-corrected chi connectivity index (χ0v) is 9.76. The lowest BCUT2D eigenvalue weighted by Gasteiger charge is -2.21. The molecule has 0 saturated carbocycles. The van der Waals surface area contributed by atoms with E-state index in [-0.39, 0.29) is 12.1 Å². The van der Waals surface area contributed by atoms with Crippen LogP contribution in [0.5, 0.6) is 0 Å². The zero-order valence-electron chi connectivity index (χ0n) is 9.76. The Morgan fingerprint density at radius 2 is 1.94 bits per heavy atom. The Labute approximate surface area is 101 Å². The summed E-state index contributed by atoms with van der Waals surface area (Å²) in [6, 6.07) is 9.74. The van der Waals surface area contributed by atoms with Crippen molar-refractivity contribution in [3.05, 3.63) is 42.0 Å². The molecule has 1 aromatic carbocycles. The van der Waals surface area contributed by atoms with E-state index in [1.807, 2.05) is 30.3 Å². The normalized spacial score (nSPS) is 17.2. The summed E-state index contributed by atoms with van der Waals surface area (Å²) in [4.78, 5) is 11.6. The van der Waals surface area contributed by atoms with Gasteiger partial charge >= 0.3 is 5.97 Å². The first-order chi connectivity index (χ1) is 8.34. The Morgan fingerprint density at radius 1 is 1.24 bits per heavy atom. The number of carbonyl (C=O) groups is 1. The Kier molecular flexibility index (Phi) is 4.33. The Bertz CT molecular complexity index is 380. The summed E-state index contributed by atoms with van der Waals surface area (Å²) >= 11 is 0. The zero-order chi connectivity index (χ0) is 11.9. The summed E-state index contributed by atoms with van der Waals surface area (Å²) in [5.41, 5.74) is 1.01. The molecule has 1 heterocycles. The fourth-order valence-corrected chi connectivity index (χ4v) is 1.85. The van der Waals surface area contributed by atoms with E-state index < -0.39 is 0 Å². The van der Waals surface area contributed by atoms with Gasteiger partial charge in [-0.15, -0.1) is 0 Å². The van der Waals surface area contributed by atoms with Gasteiger partial charge in [0.15, 0.2) is 0 Å². The van der Waals surface area contributed by atoms with Crippen LogP contribution in [0.1, 0.15) is 18.4 Å². The molecule has 1 aliphatic rings. The van der Waals surface area contributed by atoms with Gasteiger partial charge in [-0.05, 0) is 37.6 Å². The topological polar surface area (TPSA) is 38.3 Å². The van der Waals surface area contributed by atoms with E-state index in [2.05, 4.69) is 5.32 Å². The first-order valence-electron chi connectivity index (χ1n) is 5.99. The maximum atomic E-state index is 11.6. The predicted molar refractivity (Wildman–Crippen MR) is 67.5 cm³/mol. The lowest BCUT2D eigenvalue weighted by Crippen LogP contribution is -2.33. The number of nitrogens with one attached hydrogen (secondary N) is 1. The third-order valence-corrected chi connectivity index (χ3v) is 2.78. The average molecular weight is 231 g/mol. The van der Waals surface area contributed by atoms with Crippen LogP contribution in [0.25, 0.3) is 6.08 Å².